The predicted molar refractivity (Wildman–Crippen MR) is 113 cm³/mol. The van der Waals surface area contributed by atoms with Crippen molar-refractivity contribution in [3.63, 3.8) is 0 Å². The highest BCUT2D eigenvalue weighted by molar-refractivity contribution is 5.94. The Labute approximate surface area is 187 Å². The molecule has 0 aliphatic carbocycles. The Bertz CT molecular complexity index is 1210. The summed E-state index contributed by atoms with van der Waals surface area (Å²) in [7, 11) is 0. The van der Waals surface area contributed by atoms with Crippen LogP contribution in [0.25, 0.3) is 16.6 Å². The molecule has 2 aromatic carbocycles. The van der Waals surface area contributed by atoms with Crippen LogP contribution in [0.1, 0.15) is 44.4 Å². The van der Waals surface area contributed by atoms with Crippen LogP contribution < -0.4 is 0 Å². The lowest BCUT2D eigenvalue weighted by atomic mass is 9.75. The van der Waals surface area contributed by atoms with E-state index in [1.807, 2.05) is 0 Å². The number of nitrogens with zero attached hydrogens (tertiary/aromatic N) is 1. The van der Waals surface area contributed by atoms with Crippen molar-refractivity contribution < 1.29 is 37.3 Å². The number of carboxylic acid groups (broad SMARTS) is 1. The Morgan fingerprint density at radius 3 is 2.42 bits per heavy atom. The van der Waals surface area contributed by atoms with Gasteiger partial charge in [0.2, 0.25) is 0 Å². The Hall–Kier alpha value is -3.07. The molecule has 0 saturated heterocycles. The number of hydrogen-bond donors (Lipinski definition) is 2. The fourth-order valence-corrected chi connectivity index (χ4v) is 4.71. The summed E-state index contributed by atoms with van der Waals surface area (Å²) < 4.78 is 65.1. The lowest BCUT2D eigenvalue weighted by Crippen LogP contribution is -2.52. The van der Waals surface area contributed by atoms with Gasteiger partial charge in [-0.2, -0.15) is 13.2 Å². The average molecular weight is 465 g/mol. The predicted octanol–water partition coefficient (Wildman–Crippen LogP) is 5.80. The highest BCUT2D eigenvalue weighted by Gasteiger charge is 2.63. The fraction of sp³-hybridized carbons (Fsp3) is 0.375. The van der Waals surface area contributed by atoms with Crippen molar-refractivity contribution >= 4 is 16.9 Å². The lowest BCUT2D eigenvalue weighted by Gasteiger charge is -2.45. The molecular formula is C24H23F4NO4. The van der Waals surface area contributed by atoms with Gasteiger partial charge in [0.15, 0.2) is 5.60 Å². The number of hydrogen-bond acceptors (Lipinski definition) is 3. The second-order valence-electron chi connectivity index (χ2n) is 8.95. The minimum Gasteiger partial charge on any atom is -0.507 e. The zero-order valence-electron chi connectivity index (χ0n) is 18.0. The third-order valence-corrected chi connectivity index (χ3v) is 6.16. The molecule has 0 radical (unpaired) electrons. The van der Waals surface area contributed by atoms with Crippen LogP contribution in [0.2, 0.25) is 0 Å². The first-order valence-electron chi connectivity index (χ1n) is 10.4. The number of carboxylic acids is 1. The monoisotopic (exact) mass is 465 g/mol. The number of ether oxygens (including phenoxy) is 1. The molecule has 1 aliphatic rings. The topological polar surface area (TPSA) is 71.7 Å². The number of aliphatic carboxylic acids is 1. The molecule has 2 heterocycles. The van der Waals surface area contributed by atoms with Gasteiger partial charge in [-0.3, -0.25) is 4.79 Å². The first kappa shape index (κ1) is 23.1. The summed E-state index contributed by atoms with van der Waals surface area (Å²) >= 11 is 0. The summed E-state index contributed by atoms with van der Waals surface area (Å²) in [6.07, 6.45) is -6.24. The zero-order chi connectivity index (χ0) is 24.2. The number of rotatable bonds is 5. The molecule has 0 saturated carbocycles. The first-order valence-corrected chi connectivity index (χ1v) is 10.4. The minimum absolute atomic E-state index is 0.0164. The zero-order valence-corrected chi connectivity index (χ0v) is 18.0. The molecule has 1 aromatic heterocycles. The molecule has 33 heavy (non-hydrogen) atoms. The third kappa shape index (κ3) is 3.64. The van der Waals surface area contributed by atoms with Crippen molar-refractivity contribution in [1.82, 2.24) is 4.57 Å². The number of alkyl halides is 3. The molecule has 0 amide bonds. The molecule has 1 unspecified atom stereocenters. The van der Waals surface area contributed by atoms with Gasteiger partial charge in [-0.1, -0.05) is 19.9 Å². The van der Waals surface area contributed by atoms with Gasteiger partial charge in [0, 0.05) is 34.2 Å². The van der Waals surface area contributed by atoms with E-state index in [1.165, 1.54) is 36.4 Å². The van der Waals surface area contributed by atoms with E-state index < -0.39 is 41.8 Å². The summed E-state index contributed by atoms with van der Waals surface area (Å²) in [5.74, 6) is -2.05. The molecule has 176 valence electrons. The number of carbonyl (C=O) groups is 1. The smallest absolute Gasteiger partial charge is 0.421 e. The van der Waals surface area contributed by atoms with E-state index in [-0.39, 0.29) is 35.4 Å². The summed E-state index contributed by atoms with van der Waals surface area (Å²) in [4.78, 5) is 11.0. The Balaban J connectivity index is 2.12. The van der Waals surface area contributed by atoms with Crippen LogP contribution in [0.15, 0.2) is 42.5 Å². The van der Waals surface area contributed by atoms with Crippen LogP contribution in [0.5, 0.6) is 5.75 Å². The highest BCUT2D eigenvalue weighted by atomic mass is 19.4. The molecule has 1 aliphatic heterocycles. The highest BCUT2D eigenvalue weighted by Crippen LogP contribution is 2.57. The van der Waals surface area contributed by atoms with E-state index in [2.05, 4.69) is 0 Å². The number of benzene rings is 2. The normalized spacial score (nSPS) is 20.1. The fourth-order valence-electron chi connectivity index (χ4n) is 4.71. The van der Waals surface area contributed by atoms with Gasteiger partial charge in [0.05, 0.1) is 12.1 Å². The van der Waals surface area contributed by atoms with Gasteiger partial charge in [0.1, 0.15) is 11.6 Å². The van der Waals surface area contributed by atoms with Crippen molar-refractivity contribution in [2.75, 3.05) is 6.61 Å². The van der Waals surface area contributed by atoms with Crippen LogP contribution in [0, 0.1) is 5.82 Å². The summed E-state index contributed by atoms with van der Waals surface area (Å²) in [6.45, 7) is 3.18. The molecule has 9 heteroatoms. The second kappa shape index (κ2) is 7.76. The maximum absolute atomic E-state index is 14.8. The van der Waals surface area contributed by atoms with Crippen molar-refractivity contribution in [1.29, 1.82) is 0 Å². The van der Waals surface area contributed by atoms with Crippen molar-refractivity contribution in [3.05, 3.63) is 59.5 Å². The first-order chi connectivity index (χ1) is 15.4. The third-order valence-electron chi connectivity index (χ3n) is 6.16. The van der Waals surface area contributed by atoms with Crippen molar-refractivity contribution in [2.24, 2.45) is 0 Å². The molecule has 4 rings (SSSR count). The maximum atomic E-state index is 14.8. The SMILES string of the molecule is CC1(C)COC(CCCC(=O)O)(C(F)(F)F)c2c1n(-c1ccc(F)cc1)c1cccc(O)c21. The molecule has 3 aromatic rings. The summed E-state index contributed by atoms with van der Waals surface area (Å²) in [5, 5.41) is 19.7. The van der Waals surface area contributed by atoms with Gasteiger partial charge < -0.3 is 19.5 Å². The van der Waals surface area contributed by atoms with Crippen LogP contribution in [0.4, 0.5) is 17.6 Å². The number of aromatic nitrogens is 1. The van der Waals surface area contributed by atoms with Crippen LogP contribution >= 0.6 is 0 Å². The van der Waals surface area contributed by atoms with Gasteiger partial charge in [-0.15, -0.1) is 0 Å². The molecule has 2 N–H and O–H groups in total. The van der Waals surface area contributed by atoms with E-state index in [4.69, 9.17) is 9.84 Å². The van der Waals surface area contributed by atoms with Gasteiger partial charge >= 0.3 is 12.1 Å². The summed E-state index contributed by atoms with van der Waals surface area (Å²) in [6, 6.07) is 9.77. The maximum Gasteiger partial charge on any atom is 0.421 e. The van der Waals surface area contributed by atoms with E-state index in [1.54, 1.807) is 24.5 Å². The van der Waals surface area contributed by atoms with Crippen LogP contribution in [-0.2, 0) is 20.5 Å². The van der Waals surface area contributed by atoms with Crippen LogP contribution in [-0.4, -0.2) is 33.5 Å². The van der Waals surface area contributed by atoms with E-state index in [9.17, 15) is 27.5 Å². The molecule has 0 fully saturated rings. The Morgan fingerprint density at radius 2 is 1.82 bits per heavy atom. The average Bonchev–Trinajstić information content (AvgIpc) is 3.08. The Morgan fingerprint density at radius 1 is 1.15 bits per heavy atom. The molecular weight excluding hydrogens is 442 g/mol. The minimum atomic E-state index is -4.89. The molecule has 5 nitrogen and oxygen atoms in total. The number of aromatic hydroxyl groups is 1. The Kier molecular flexibility index (Phi) is 5.43. The number of phenols is 1. The number of halogens is 4. The van der Waals surface area contributed by atoms with E-state index in [0.717, 1.165) is 0 Å². The molecule has 0 bridgehead atoms. The second-order valence-corrected chi connectivity index (χ2v) is 8.95. The van der Waals surface area contributed by atoms with Gasteiger partial charge in [-0.05, 0) is 49.2 Å². The summed E-state index contributed by atoms with van der Waals surface area (Å²) in [5.41, 5.74) is -2.91. The molecule has 0 spiro atoms. The lowest BCUT2D eigenvalue weighted by molar-refractivity contribution is -0.296. The van der Waals surface area contributed by atoms with Gasteiger partial charge in [-0.25, -0.2) is 4.39 Å². The quantitative estimate of drug-likeness (QED) is 0.468. The van der Waals surface area contributed by atoms with Gasteiger partial charge in [0.25, 0.3) is 0 Å². The van der Waals surface area contributed by atoms with E-state index >= 15 is 0 Å². The number of fused-ring (bicyclic) bond motifs is 3. The molecule has 1 atom stereocenters. The largest absolute Gasteiger partial charge is 0.507 e. The number of phenolic OH excluding ortho intramolecular Hbond substituents is 1. The van der Waals surface area contributed by atoms with E-state index in [0.29, 0.717) is 11.2 Å². The van der Waals surface area contributed by atoms with Crippen LogP contribution in [0.3, 0.4) is 0 Å². The standard InChI is InChI=1S/C24H23F4NO4/c1-22(2)13-33-23(24(26,27)28,12-4-7-18(31)32)20-19-16(5-3-6-17(19)30)29(21(20)22)15-10-8-14(25)9-11-15/h3,5-6,8-11,30H,4,7,12-13H2,1-2H3,(H,31,32). The van der Waals surface area contributed by atoms with Crippen molar-refractivity contribution in [3.8, 4) is 11.4 Å². The van der Waals surface area contributed by atoms with Crippen molar-refractivity contribution in [2.45, 2.75) is 50.3 Å².